The van der Waals surface area contributed by atoms with Crippen LogP contribution in [0.3, 0.4) is 0 Å². The van der Waals surface area contributed by atoms with Gasteiger partial charge < -0.3 is 19.7 Å². The molecule has 0 radical (unpaired) electrons. The Morgan fingerprint density at radius 1 is 1.18 bits per heavy atom. The lowest BCUT2D eigenvalue weighted by Crippen LogP contribution is -2.38. The molecule has 2 aliphatic rings. The molecule has 1 unspecified atom stereocenters. The molecule has 2 aromatic carbocycles. The van der Waals surface area contributed by atoms with Crippen molar-refractivity contribution in [2.75, 3.05) is 19.0 Å². The molecule has 8 heteroatoms. The number of likely N-dealkylation sites (N-methyl/N-ethyl adjacent to an activating group) is 1. The Hall–Kier alpha value is -3.16. The molecular weight excluding hydrogens is 370 g/mol. The van der Waals surface area contributed by atoms with Crippen molar-refractivity contribution < 1.29 is 27.8 Å². The molecule has 1 N–H and O–H groups in total. The molecule has 1 fully saturated rings. The topological polar surface area (TPSA) is 67.9 Å². The van der Waals surface area contributed by atoms with Gasteiger partial charge in [0, 0.05) is 37.6 Å². The number of carbonyl (C=O) groups excluding carboxylic acids is 2. The molecule has 0 saturated carbocycles. The van der Waals surface area contributed by atoms with Crippen LogP contribution in [0.15, 0.2) is 30.3 Å². The Labute approximate surface area is 160 Å². The van der Waals surface area contributed by atoms with Crippen LogP contribution in [0.25, 0.3) is 0 Å². The third kappa shape index (κ3) is 3.37. The molecular formula is C20H18F2N2O4. The number of anilines is 1. The van der Waals surface area contributed by atoms with E-state index in [9.17, 15) is 18.4 Å². The number of likely N-dealkylation sites (tertiary alicyclic amines) is 1. The predicted molar refractivity (Wildman–Crippen MR) is 96.5 cm³/mol. The molecule has 1 atom stereocenters. The average molecular weight is 388 g/mol. The van der Waals surface area contributed by atoms with E-state index in [1.807, 2.05) is 0 Å². The van der Waals surface area contributed by atoms with Gasteiger partial charge >= 0.3 is 0 Å². The Bertz CT molecular complexity index is 963. The number of rotatable bonds is 4. The maximum atomic E-state index is 13.4. The van der Waals surface area contributed by atoms with Crippen molar-refractivity contribution in [1.29, 1.82) is 0 Å². The summed E-state index contributed by atoms with van der Waals surface area (Å²) in [5.41, 5.74) is 1.26. The first kappa shape index (κ1) is 18.2. The molecule has 1 saturated heterocycles. The quantitative estimate of drug-likeness (QED) is 0.873. The number of amides is 2. The lowest BCUT2D eigenvalue weighted by Gasteiger charge is -2.20. The van der Waals surface area contributed by atoms with Crippen LogP contribution in [0, 0.1) is 11.6 Å². The average Bonchev–Trinajstić information content (AvgIpc) is 3.25. The van der Waals surface area contributed by atoms with Crippen LogP contribution in [0.1, 0.15) is 18.4 Å². The third-order valence-corrected chi connectivity index (χ3v) is 4.94. The number of hydrogen-bond acceptors (Lipinski definition) is 4. The van der Waals surface area contributed by atoms with Gasteiger partial charge in [-0.2, -0.15) is 0 Å². The van der Waals surface area contributed by atoms with Gasteiger partial charge in [-0.3, -0.25) is 9.59 Å². The highest BCUT2D eigenvalue weighted by atomic mass is 19.2. The van der Waals surface area contributed by atoms with Gasteiger partial charge in [0.1, 0.15) is 23.3 Å². The molecule has 2 aromatic rings. The van der Waals surface area contributed by atoms with Crippen LogP contribution < -0.4 is 14.8 Å². The molecule has 6 nitrogen and oxygen atoms in total. The van der Waals surface area contributed by atoms with Gasteiger partial charge in [0.05, 0.1) is 12.3 Å². The predicted octanol–water partition coefficient (Wildman–Crippen LogP) is 3.25. The molecule has 4 rings (SSSR count). The SMILES string of the molecule is CN1C(=O)CCC1C(=O)Nc1cc(Oc2ccc(F)c(F)c2)cc2c1OCC2. The van der Waals surface area contributed by atoms with Crippen LogP contribution in [-0.4, -0.2) is 36.4 Å². The largest absolute Gasteiger partial charge is 0.491 e. The molecule has 2 aliphatic heterocycles. The number of ether oxygens (including phenoxy) is 2. The maximum absolute atomic E-state index is 13.4. The molecule has 28 heavy (non-hydrogen) atoms. The summed E-state index contributed by atoms with van der Waals surface area (Å²) in [4.78, 5) is 25.7. The van der Waals surface area contributed by atoms with E-state index >= 15 is 0 Å². The monoisotopic (exact) mass is 388 g/mol. The number of benzene rings is 2. The van der Waals surface area contributed by atoms with Gasteiger partial charge in [0.15, 0.2) is 11.6 Å². The standard InChI is InChI=1S/C20H18F2N2O4/c1-24-17(4-5-18(24)25)20(26)23-16-10-13(8-11-6-7-27-19(11)16)28-12-2-3-14(21)15(22)9-12/h2-3,8-10,17H,4-7H2,1H3,(H,23,26). The van der Waals surface area contributed by atoms with Crippen molar-refractivity contribution in [2.24, 2.45) is 0 Å². The first-order valence-corrected chi connectivity index (χ1v) is 8.91. The van der Waals surface area contributed by atoms with E-state index in [4.69, 9.17) is 9.47 Å². The summed E-state index contributed by atoms with van der Waals surface area (Å²) in [5, 5.41) is 2.81. The fourth-order valence-corrected chi connectivity index (χ4v) is 3.43. The molecule has 0 spiro atoms. The van der Waals surface area contributed by atoms with E-state index in [0.29, 0.717) is 43.1 Å². The second-order valence-electron chi connectivity index (χ2n) is 6.78. The Morgan fingerprint density at radius 2 is 2.00 bits per heavy atom. The van der Waals surface area contributed by atoms with E-state index in [0.717, 1.165) is 17.7 Å². The zero-order chi connectivity index (χ0) is 19.8. The van der Waals surface area contributed by atoms with Gasteiger partial charge in [-0.05, 0) is 24.6 Å². The van der Waals surface area contributed by atoms with Gasteiger partial charge in [-0.15, -0.1) is 0 Å². The first-order valence-electron chi connectivity index (χ1n) is 8.91. The summed E-state index contributed by atoms with van der Waals surface area (Å²) in [6.45, 7) is 0.467. The number of nitrogens with zero attached hydrogens (tertiary/aromatic N) is 1. The highest BCUT2D eigenvalue weighted by molar-refractivity contribution is 6.00. The lowest BCUT2D eigenvalue weighted by atomic mass is 10.1. The fraction of sp³-hybridized carbons (Fsp3) is 0.300. The van der Waals surface area contributed by atoms with Crippen LogP contribution in [0.2, 0.25) is 0 Å². The van der Waals surface area contributed by atoms with Crippen LogP contribution in [0.4, 0.5) is 14.5 Å². The second kappa shape index (κ2) is 7.10. The van der Waals surface area contributed by atoms with Crippen molar-refractivity contribution in [1.82, 2.24) is 4.90 Å². The van der Waals surface area contributed by atoms with E-state index in [1.54, 1.807) is 19.2 Å². The van der Waals surface area contributed by atoms with Crippen LogP contribution in [-0.2, 0) is 16.0 Å². The molecule has 2 amide bonds. The van der Waals surface area contributed by atoms with Gasteiger partial charge in [0.25, 0.3) is 0 Å². The molecule has 0 aliphatic carbocycles. The molecule has 146 valence electrons. The molecule has 2 heterocycles. The number of fused-ring (bicyclic) bond motifs is 1. The number of halogens is 2. The van der Waals surface area contributed by atoms with E-state index in [1.165, 1.54) is 11.0 Å². The summed E-state index contributed by atoms with van der Waals surface area (Å²) in [6.07, 6.45) is 1.42. The Kier molecular flexibility index (Phi) is 4.62. The smallest absolute Gasteiger partial charge is 0.247 e. The molecule has 0 bridgehead atoms. The maximum Gasteiger partial charge on any atom is 0.247 e. The van der Waals surface area contributed by atoms with E-state index in [-0.39, 0.29) is 17.6 Å². The summed E-state index contributed by atoms with van der Waals surface area (Å²) < 4.78 is 37.8. The molecule has 0 aromatic heterocycles. The number of nitrogens with one attached hydrogen (secondary N) is 1. The van der Waals surface area contributed by atoms with Crippen molar-refractivity contribution in [3.63, 3.8) is 0 Å². The van der Waals surface area contributed by atoms with Gasteiger partial charge in [0.2, 0.25) is 11.8 Å². The van der Waals surface area contributed by atoms with E-state index < -0.39 is 17.7 Å². The Balaban J connectivity index is 1.59. The third-order valence-electron chi connectivity index (χ3n) is 4.94. The van der Waals surface area contributed by atoms with Crippen molar-refractivity contribution in [3.8, 4) is 17.2 Å². The number of hydrogen-bond donors (Lipinski definition) is 1. The summed E-state index contributed by atoms with van der Waals surface area (Å²) in [7, 11) is 1.60. The summed E-state index contributed by atoms with van der Waals surface area (Å²) >= 11 is 0. The zero-order valence-electron chi connectivity index (χ0n) is 15.1. The van der Waals surface area contributed by atoms with Crippen LogP contribution in [0.5, 0.6) is 17.2 Å². The number of carbonyl (C=O) groups is 2. The first-order chi connectivity index (χ1) is 13.4. The minimum absolute atomic E-state index is 0.0722. The Morgan fingerprint density at radius 3 is 2.71 bits per heavy atom. The van der Waals surface area contributed by atoms with Crippen molar-refractivity contribution in [3.05, 3.63) is 47.5 Å². The van der Waals surface area contributed by atoms with Gasteiger partial charge in [-0.25, -0.2) is 8.78 Å². The minimum atomic E-state index is -1.01. The lowest BCUT2D eigenvalue weighted by molar-refractivity contribution is -0.131. The highest BCUT2D eigenvalue weighted by Gasteiger charge is 2.34. The fourth-order valence-electron chi connectivity index (χ4n) is 3.43. The van der Waals surface area contributed by atoms with Crippen molar-refractivity contribution in [2.45, 2.75) is 25.3 Å². The summed E-state index contributed by atoms with van der Waals surface area (Å²) in [5.74, 6) is -1.30. The normalized spacial score (nSPS) is 18.0. The van der Waals surface area contributed by atoms with Crippen molar-refractivity contribution >= 4 is 17.5 Å². The second-order valence-corrected chi connectivity index (χ2v) is 6.78. The van der Waals surface area contributed by atoms with E-state index in [2.05, 4.69) is 5.32 Å². The summed E-state index contributed by atoms with van der Waals surface area (Å²) in [6, 6.07) is 6.03. The zero-order valence-corrected chi connectivity index (χ0v) is 15.1. The minimum Gasteiger partial charge on any atom is -0.491 e. The van der Waals surface area contributed by atoms with Gasteiger partial charge in [-0.1, -0.05) is 0 Å². The highest BCUT2D eigenvalue weighted by Crippen LogP contribution is 2.39. The van der Waals surface area contributed by atoms with Crippen LogP contribution >= 0.6 is 0 Å².